The second-order valence-electron chi connectivity index (χ2n) is 4.02. The molecule has 0 fully saturated rings. The van der Waals surface area contributed by atoms with Crippen LogP contribution >= 0.6 is 11.6 Å². The maximum absolute atomic E-state index is 5.99. The van der Waals surface area contributed by atoms with Crippen molar-refractivity contribution in [2.24, 2.45) is 5.73 Å². The summed E-state index contributed by atoms with van der Waals surface area (Å²) in [5.74, 6) is 0.838. The Morgan fingerprint density at radius 1 is 1.33 bits per heavy atom. The van der Waals surface area contributed by atoms with Crippen molar-refractivity contribution in [2.75, 3.05) is 11.9 Å². The van der Waals surface area contributed by atoms with Gasteiger partial charge in [0, 0.05) is 26.0 Å². The first-order chi connectivity index (χ1) is 8.70. The molecular weight excluding hydrogens is 248 g/mol. The molecular formula is C13H15ClN4. The van der Waals surface area contributed by atoms with Gasteiger partial charge in [0.15, 0.2) is 0 Å². The number of aromatic nitrogens is 2. The zero-order valence-electron chi connectivity index (χ0n) is 10.2. The lowest BCUT2D eigenvalue weighted by molar-refractivity contribution is 0.862. The van der Waals surface area contributed by atoms with Crippen LogP contribution in [0.2, 0.25) is 5.02 Å². The Morgan fingerprint density at radius 3 is 2.83 bits per heavy atom. The van der Waals surface area contributed by atoms with Crippen LogP contribution in [0.5, 0.6) is 0 Å². The zero-order chi connectivity index (χ0) is 13.0. The summed E-state index contributed by atoms with van der Waals surface area (Å²) in [6.45, 7) is 1.10. The number of rotatable bonds is 4. The Labute approximate surface area is 111 Å². The van der Waals surface area contributed by atoms with Crippen molar-refractivity contribution in [3.8, 4) is 0 Å². The number of nitrogens with two attached hydrogens (primary N) is 1. The molecule has 4 nitrogen and oxygen atoms in total. The summed E-state index contributed by atoms with van der Waals surface area (Å²) in [5.41, 5.74) is 7.52. The molecule has 2 aromatic heterocycles. The number of anilines is 1. The molecule has 94 valence electrons. The molecule has 2 rings (SSSR count). The van der Waals surface area contributed by atoms with Crippen LogP contribution < -0.4 is 10.6 Å². The molecule has 2 aromatic rings. The molecule has 0 radical (unpaired) electrons. The van der Waals surface area contributed by atoms with Crippen LogP contribution in [0, 0.1) is 0 Å². The minimum absolute atomic E-state index is 0.409. The first kappa shape index (κ1) is 12.8. The number of hydrogen-bond acceptors (Lipinski definition) is 4. The van der Waals surface area contributed by atoms with E-state index in [1.165, 1.54) is 0 Å². The Hall–Kier alpha value is -1.65. The third-order valence-corrected chi connectivity index (χ3v) is 3.00. The van der Waals surface area contributed by atoms with Crippen LogP contribution in [0.4, 0.5) is 5.82 Å². The molecule has 0 saturated heterocycles. The standard InChI is InChI=1S/C13H15ClN4/c1-18(9-11-4-2-3-5-16-11)13-6-10(7-15)12(14)8-17-13/h2-6,8H,7,9,15H2,1H3. The summed E-state index contributed by atoms with van der Waals surface area (Å²) >= 11 is 5.99. The van der Waals surface area contributed by atoms with Crippen molar-refractivity contribution < 1.29 is 0 Å². The highest BCUT2D eigenvalue weighted by molar-refractivity contribution is 6.31. The lowest BCUT2D eigenvalue weighted by Crippen LogP contribution is -2.18. The van der Waals surface area contributed by atoms with Crippen LogP contribution in [-0.4, -0.2) is 17.0 Å². The van der Waals surface area contributed by atoms with Crippen molar-refractivity contribution in [3.63, 3.8) is 0 Å². The first-order valence-electron chi connectivity index (χ1n) is 5.66. The lowest BCUT2D eigenvalue weighted by Gasteiger charge is -2.18. The molecule has 0 aliphatic carbocycles. The highest BCUT2D eigenvalue weighted by Crippen LogP contribution is 2.20. The summed E-state index contributed by atoms with van der Waals surface area (Å²) in [5, 5.41) is 0.604. The van der Waals surface area contributed by atoms with E-state index in [1.54, 1.807) is 12.4 Å². The topological polar surface area (TPSA) is 55.0 Å². The molecule has 2 heterocycles. The van der Waals surface area contributed by atoms with E-state index in [9.17, 15) is 0 Å². The minimum atomic E-state index is 0.409. The van der Waals surface area contributed by atoms with Gasteiger partial charge in [0.1, 0.15) is 5.82 Å². The SMILES string of the molecule is CN(Cc1ccccn1)c1cc(CN)c(Cl)cn1. The molecule has 0 spiro atoms. The maximum Gasteiger partial charge on any atom is 0.128 e. The van der Waals surface area contributed by atoms with Gasteiger partial charge in [-0.15, -0.1) is 0 Å². The highest BCUT2D eigenvalue weighted by atomic mass is 35.5. The fourth-order valence-corrected chi connectivity index (χ4v) is 1.83. The third kappa shape index (κ3) is 2.97. The average Bonchev–Trinajstić information content (AvgIpc) is 2.40. The largest absolute Gasteiger partial charge is 0.354 e. The first-order valence-corrected chi connectivity index (χ1v) is 6.04. The van der Waals surface area contributed by atoms with Gasteiger partial charge in [0.05, 0.1) is 17.3 Å². The van der Waals surface area contributed by atoms with Crippen LogP contribution in [-0.2, 0) is 13.1 Å². The Morgan fingerprint density at radius 2 is 2.17 bits per heavy atom. The maximum atomic E-state index is 5.99. The minimum Gasteiger partial charge on any atom is -0.354 e. The van der Waals surface area contributed by atoms with E-state index >= 15 is 0 Å². The molecule has 18 heavy (non-hydrogen) atoms. The van der Waals surface area contributed by atoms with Gasteiger partial charge in [-0.2, -0.15) is 0 Å². The van der Waals surface area contributed by atoms with Crippen LogP contribution in [0.3, 0.4) is 0 Å². The second-order valence-corrected chi connectivity index (χ2v) is 4.42. The van der Waals surface area contributed by atoms with Crippen LogP contribution in [0.1, 0.15) is 11.3 Å². The number of pyridine rings is 2. The number of hydrogen-bond donors (Lipinski definition) is 1. The number of nitrogens with zero attached hydrogens (tertiary/aromatic N) is 3. The molecule has 0 unspecified atom stereocenters. The second kappa shape index (κ2) is 5.80. The molecule has 2 N–H and O–H groups in total. The summed E-state index contributed by atoms with van der Waals surface area (Å²) in [4.78, 5) is 10.6. The summed E-state index contributed by atoms with van der Waals surface area (Å²) < 4.78 is 0. The molecule has 0 bridgehead atoms. The highest BCUT2D eigenvalue weighted by Gasteiger charge is 2.07. The van der Waals surface area contributed by atoms with E-state index in [0.717, 1.165) is 17.1 Å². The smallest absolute Gasteiger partial charge is 0.128 e. The fraction of sp³-hybridized carbons (Fsp3) is 0.231. The van der Waals surface area contributed by atoms with Gasteiger partial charge in [-0.1, -0.05) is 17.7 Å². The van der Waals surface area contributed by atoms with Crippen molar-refractivity contribution in [1.82, 2.24) is 9.97 Å². The quantitative estimate of drug-likeness (QED) is 0.918. The summed E-state index contributed by atoms with van der Waals surface area (Å²) in [7, 11) is 1.96. The molecule has 0 aliphatic heterocycles. The third-order valence-electron chi connectivity index (χ3n) is 2.66. The molecule has 0 aromatic carbocycles. The molecule has 5 heteroatoms. The van der Waals surface area contributed by atoms with Gasteiger partial charge in [0.25, 0.3) is 0 Å². The van der Waals surface area contributed by atoms with Crippen molar-refractivity contribution in [3.05, 3.63) is 52.9 Å². The summed E-state index contributed by atoms with van der Waals surface area (Å²) in [6.07, 6.45) is 3.41. The fourth-order valence-electron chi connectivity index (χ4n) is 1.65. The number of halogens is 1. The van der Waals surface area contributed by atoms with Crippen molar-refractivity contribution in [1.29, 1.82) is 0 Å². The van der Waals surface area contributed by atoms with Gasteiger partial charge in [-0.25, -0.2) is 4.98 Å². The van der Waals surface area contributed by atoms with Gasteiger partial charge in [0.2, 0.25) is 0 Å². The normalized spacial score (nSPS) is 10.4. The molecule has 0 aliphatic rings. The van der Waals surface area contributed by atoms with Crippen molar-refractivity contribution in [2.45, 2.75) is 13.1 Å². The Balaban J connectivity index is 2.16. The average molecular weight is 263 g/mol. The van der Waals surface area contributed by atoms with E-state index in [2.05, 4.69) is 9.97 Å². The molecule has 0 saturated carbocycles. The van der Waals surface area contributed by atoms with E-state index in [4.69, 9.17) is 17.3 Å². The molecule has 0 atom stereocenters. The molecule has 0 amide bonds. The Bertz CT molecular complexity index is 516. The van der Waals surface area contributed by atoms with E-state index in [1.807, 2.05) is 36.2 Å². The van der Waals surface area contributed by atoms with Gasteiger partial charge in [-0.3, -0.25) is 4.98 Å². The van der Waals surface area contributed by atoms with Gasteiger partial charge in [-0.05, 0) is 23.8 Å². The lowest BCUT2D eigenvalue weighted by atomic mass is 10.2. The monoisotopic (exact) mass is 262 g/mol. The van der Waals surface area contributed by atoms with Crippen LogP contribution in [0.15, 0.2) is 36.7 Å². The zero-order valence-corrected chi connectivity index (χ0v) is 10.9. The predicted octanol–water partition coefficient (Wildman–Crippen LogP) is 2.23. The van der Waals surface area contributed by atoms with E-state index in [0.29, 0.717) is 18.1 Å². The van der Waals surface area contributed by atoms with Crippen molar-refractivity contribution >= 4 is 17.4 Å². The summed E-state index contributed by atoms with van der Waals surface area (Å²) in [6, 6.07) is 7.76. The van der Waals surface area contributed by atoms with E-state index < -0.39 is 0 Å². The van der Waals surface area contributed by atoms with Gasteiger partial charge < -0.3 is 10.6 Å². The van der Waals surface area contributed by atoms with E-state index in [-0.39, 0.29) is 0 Å². The Kier molecular flexibility index (Phi) is 4.12. The van der Waals surface area contributed by atoms with Gasteiger partial charge >= 0.3 is 0 Å². The predicted molar refractivity (Wildman–Crippen MR) is 73.5 cm³/mol. The van der Waals surface area contributed by atoms with Crippen LogP contribution in [0.25, 0.3) is 0 Å².